The molecule has 0 bridgehead atoms. The van der Waals surface area contributed by atoms with E-state index in [-0.39, 0.29) is 5.56 Å². The highest BCUT2D eigenvalue weighted by molar-refractivity contribution is 5.92. The van der Waals surface area contributed by atoms with Crippen LogP contribution in [0.5, 0.6) is 0 Å². The van der Waals surface area contributed by atoms with Crippen LogP contribution >= 0.6 is 0 Å². The van der Waals surface area contributed by atoms with Crippen molar-refractivity contribution < 1.29 is 19.4 Å². The van der Waals surface area contributed by atoms with Gasteiger partial charge in [-0.2, -0.15) is 0 Å². The van der Waals surface area contributed by atoms with Crippen molar-refractivity contribution in [2.75, 3.05) is 20.8 Å². The van der Waals surface area contributed by atoms with Gasteiger partial charge in [-0.1, -0.05) is 0 Å². The first kappa shape index (κ1) is 13.5. The molecule has 2 aromatic rings. The number of aromatic nitrogens is 2. The van der Waals surface area contributed by atoms with Crippen LogP contribution in [0.15, 0.2) is 18.2 Å². The lowest BCUT2D eigenvalue weighted by Crippen LogP contribution is -2.09. The quantitative estimate of drug-likeness (QED) is 0.856. The maximum absolute atomic E-state index is 11.0. The summed E-state index contributed by atoms with van der Waals surface area (Å²) in [6.45, 7) is 1.59. The molecule has 0 radical (unpaired) electrons. The number of carboxylic acid groups (broad SMARTS) is 1. The van der Waals surface area contributed by atoms with Gasteiger partial charge in [-0.25, -0.2) is 9.78 Å². The average molecular weight is 264 g/mol. The molecule has 0 saturated heterocycles. The van der Waals surface area contributed by atoms with E-state index in [0.29, 0.717) is 25.3 Å². The third kappa shape index (κ3) is 2.74. The fraction of sp³-hybridized carbons (Fsp3) is 0.385. The maximum atomic E-state index is 11.0. The number of imidazole rings is 1. The van der Waals surface area contributed by atoms with Gasteiger partial charge >= 0.3 is 5.97 Å². The highest BCUT2D eigenvalue weighted by Crippen LogP contribution is 2.18. The number of carboxylic acids is 1. The highest BCUT2D eigenvalue weighted by atomic mass is 16.5. The summed E-state index contributed by atoms with van der Waals surface area (Å²) in [7, 11) is 3.24. The maximum Gasteiger partial charge on any atom is 0.335 e. The van der Waals surface area contributed by atoms with Gasteiger partial charge in [0.1, 0.15) is 12.4 Å². The van der Waals surface area contributed by atoms with E-state index >= 15 is 0 Å². The normalized spacial score (nSPS) is 11.1. The summed E-state index contributed by atoms with van der Waals surface area (Å²) in [4.78, 5) is 15.4. The molecule has 19 heavy (non-hydrogen) atoms. The average Bonchev–Trinajstić information content (AvgIpc) is 2.73. The smallest absolute Gasteiger partial charge is 0.335 e. The Hall–Kier alpha value is -1.92. The number of methoxy groups -OCH3 is 2. The largest absolute Gasteiger partial charge is 0.478 e. The second-order valence-corrected chi connectivity index (χ2v) is 4.11. The van der Waals surface area contributed by atoms with Gasteiger partial charge in [0.25, 0.3) is 0 Å². The number of nitrogens with zero attached hydrogens (tertiary/aromatic N) is 2. The predicted molar refractivity (Wildman–Crippen MR) is 69.3 cm³/mol. The Morgan fingerprint density at radius 3 is 2.79 bits per heavy atom. The molecule has 6 heteroatoms. The molecule has 2 rings (SSSR count). The standard InChI is InChI=1S/C13H16N2O4/c1-18-6-5-15-11-4-3-9(13(16)17)7-10(11)14-12(15)8-19-2/h3-4,7H,5-6,8H2,1-2H3,(H,16,17). The molecule has 1 heterocycles. The molecular weight excluding hydrogens is 248 g/mol. The number of rotatable bonds is 6. The number of fused-ring (bicyclic) bond motifs is 1. The third-order valence-electron chi connectivity index (χ3n) is 2.87. The summed E-state index contributed by atoms with van der Waals surface area (Å²) in [6, 6.07) is 4.91. The van der Waals surface area contributed by atoms with Crippen LogP contribution in [-0.4, -0.2) is 41.5 Å². The van der Waals surface area contributed by atoms with Crippen molar-refractivity contribution in [3.8, 4) is 0 Å². The summed E-state index contributed by atoms with van der Waals surface area (Å²) < 4.78 is 12.2. The molecule has 0 fully saturated rings. The fourth-order valence-electron chi connectivity index (χ4n) is 1.98. The topological polar surface area (TPSA) is 73.6 Å². The Kier molecular flexibility index (Phi) is 4.13. The van der Waals surface area contributed by atoms with Crippen LogP contribution in [-0.2, 0) is 22.6 Å². The van der Waals surface area contributed by atoms with Gasteiger partial charge in [0.05, 0.1) is 23.2 Å². The van der Waals surface area contributed by atoms with Crippen LogP contribution < -0.4 is 0 Å². The van der Waals surface area contributed by atoms with Gasteiger partial charge in [-0.05, 0) is 18.2 Å². The zero-order valence-corrected chi connectivity index (χ0v) is 10.9. The van der Waals surface area contributed by atoms with Gasteiger partial charge in [-0.15, -0.1) is 0 Å². The monoisotopic (exact) mass is 264 g/mol. The Balaban J connectivity index is 2.49. The van der Waals surface area contributed by atoms with Gasteiger partial charge in [-0.3, -0.25) is 0 Å². The number of hydrogen-bond donors (Lipinski definition) is 1. The van der Waals surface area contributed by atoms with E-state index in [2.05, 4.69) is 4.98 Å². The minimum absolute atomic E-state index is 0.229. The van der Waals surface area contributed by atoms with E-state index in [9.17, 15) is 4.79 Å². The van der Waals surface area contributed by atoms with E-state index in [1.807, 2.05) is 4.57 Å². The van der Waals surface area contributed by atoms with E-state index < -0.39 is 5.97 Å². The lowest BCUT2D eigenvalue weighted by molar-refractivity contribution is 0.0697. The second-order valence-electron chi connectivity index (χ2n) is 4.11. The number of benzene rings is 1. The number of aromatic carboxylic acids is 1. The highest BCUT2D eigenvalue weighted by Gasteiger charge is 2.12. The van der Waals surface area contributed by atoms with Crippen molar-refractivity contribution in [3.63, 3.8) is 0 Å². The molecule has 0 aliphatic carbocycles. The second kappa shape index (κ2) is 5.81. The van der Waals surface area contributed by atoms with Crippen molar-refractivity contribution >= 4 is 17.0 Å². The van der Waals surface area contributed by atoms with Gasteiger partial charge in [0, 0.05) is 20.8 Å². The Labute approximate surface area is 110 Å². The lowest BCUT2D eigenvalue weighted by atomic mass is 10.2. The van der Waals surface area contributed by atoms with Crippen molar-refractivity contribution in [1.82, 2.24) is 9.55 Å². The summed E-state index contributed by atoms with van der Waals surface area (Å²) in [6.07, 6.45) is 0. The Morgan fingerprint density at radius 1 is 1.37 bits per heavy atom. The first-order valence-electron chi connectivity index (χ1n) is 5.87. The zero-order chi connectivity index (χ0) is 13.8. The fourth-order valence-corrected chi connectivity index (χ4v) is 1.98. The molecule has 0 saturated carbocycles. The van der Waals surface area contributed by atoms with Crippen LogP contribution in [0.1, 0.15) is 16.2 Å². The summed E-state index contributed by atoms with van der Waals surface area (Å²) >= 11 is 0. The Bertz CT molecular complexity index is 592. The molecule has 0 spiro atoms. The first-order valence-corrected chi connectivity index (χ1v) is 5.87. The summed E-state index contributed by atoms with van der Waals surface area (Å²) in [5.74, 6) is -0.196. The van der Waals surface area contributed by atoms with Crippen LogP contribution in [0.3, 0.4) is 0 Å². The molecule has 102 valence electrons. The van der Waals surface area contributed by atoms with Crippen LogP contribution in [0.4, 0.5) is 0 Å². The number of carbonyl (C=O) groups is 1. The SMILES string of the molecule is COCCn1c(COC)nc2cc(C(=O)O)ccc21. The number of hydrogen-bond acceptors (Lipinski definition) is 4. The number of ether oxygens (including phenoxy) is 2. The minimum atomic E-state index is -0.957. The molecular formula is C13H16N2O4. The molecule has 1 N–H and O–H groups in total. The van der Waals surface area contributed by atoms with Gasteiger partial charge in [0.2, 0.25) is 0 Å². The predicted octanol–water partition coefficient (Wildman–Crippen LogP) is 1.53. The molecule has 0 atom stereocenters. The van der Waals surface area contributed by atoms with Crippen molar-refractivity contribution in [2.45, 2.75) is 13.2 Å². The molecule has 0 amide bonds. The lowest BCUT2D eigenvalue weighted by Gasteiger charge is -2.07. The zero-order valence-electron chi connectivity index (χ0n) is 10.9. The summed E-state index contributed by atoms with van der Waals surface area (Å²) in [5, 5.41) is 8.99. The molecule has 0 unspecified atom stereocenters. The van der Waals surface area contributed by atoms with Gasteiger partial charge in [0.15, 0.2) is 0 Å². The van der Waals surface area contributed by atoms with Crippen molar-refractivity contribution in [1.29, 1.82) is 0 Å². The van der Waals surface area contributed by atoms with E-state index in [4.69, 9.17) is 14.6 Å². The van der Waals surface area contributed by atoms with Crippen LogP contribution in [0.2, 0.25) is 0 Å². The van der Waals surface area contributed by atoms with E-state index in [1.165, 1.54) is 0 Å². The Morgan fingerprint density at radius 2 is 2.16 bits per heavy atom. The van der Waals surface area contributed by atoms with Crippen molar-refractivity contribution in [3.05, 3.63) is 29.6 Å². The van der Waals surface area contributed by atoms with E-state index in [1.54, 1.807) is 32.4 Å². The van der Waals surface area contributed by atoms with Gasteiger partial charge < -0.3 is 19.1 Å². The van der Waals surface area contributed by atoms with Crippen LogP contribution in [0, 0.1) is 0 Å². The summed E-state index contributed by atoms with van der Waals surface area (Å²) in [5.41, 5.74) is 1.77. The van der Waals surface area contributed by atoms with E-state index in [0.717, 1.165) is 11.3 Å². The van der Waals surface area contributed by atoms with Crippen molar-refractivity contribution in [2.24, 2.45) is 0 Å². The molecule has 0 aliphatic heterocycles. The molecule has 6 nitrogen and oxygen atoms in total. The third-order valence-corrected chi connectivity index (χ3v) is 2.87. The molecule has 1 aromatic heterocycles. The molecule has 0 aliphatic rings. The molecule has 1 aromatic carbocycles. The van der Waals surface area contributed by atoms with Crippen LogP contribution in [0.25, 0.3) is 11.0 Å². The minimum Gasteiger partial charge on any atom is -0.478 e. The first-order chi connectivity index (χ1) is 9.17.